The van der Waals surface area contributed by atoms with Crippen molar-refractivity contribution in [1.29, 1.82) is 0 Å². The van der Waals surface area contributed by atoms with Gasteiger partial charge in [-0.1, -0.05) is 30.3 Å². The summed E-state index contributed by atoms with van der Waals surface area (Å²) in [5.41, 5.74) is 3.34. The summed E-state index contributed by atoms with van der Waals surface area (Å²) in [4.78, 5) is 38.9. The highest BCUT2D eigenvalue weighted by atomic mass is 32.1. The number of carbonyl (C=O) groups excluding carboxylic acids is 2. The number of methoxy groups -OCH3 is 2. The Morgan fingerprint density at radius 2 is 1.11 bits per heavy atom. The lowest BCUT2D eigenvalue weighted by molar-refractivity contribution is 0.101. The first-order valence-electron chi connectivity index (χ1n) is 11.3. The molecule has 0 saturated carbocycles. The van der Waals surface area contributed by atoms with Crippen molar-refractivity contribution in [2.75, 3.05) is 24.9 Å². The number of thiazole rings is 2. The number of rotatable bonds is 8. The van der Waals surface area contributed by atoms with Crippen LogP contribution in [0.3, 0.4) is 0 Å². The Hall–Kier alpha value is -4.61. The first-order chi connectivity index (χ1) is 18.5. The number of hydrogen-bond acceptors (Lipinski definition) is 9. The van der Waals surface area contributed by atoms with Crippen LogP contribution >= 0.6 is 22.7 Å². The predicted molar refractivity (Wildman–Crippen MR) is 148 cm³/mol. The molecule has 2 N–H and O–H groups in total. The van der Waals surface area contributed by atoms with E-state index in [4.69, 9.17) is 9.47 Å². The van der Waals surface area contributed by atoms with E-state index in [1.165, 1.54) is 34.8 Å². The molecule has 0 aliphatic rings. The molecule has 38 heavy (non-hydrogen) atoms. The van der Waals surface area contributed by atoms with Crippen molar-refractivity contribution in [3.05, 3.63) is 88.9 Å². The van der Waals surface area contributed by atoms with E-state index in [2.05, 4.69) is 25.6 Å². The Bertz CT molecular complexity index is 1500. The largest absolute Gasteiger partial charge is 0.497 e. The van der Waals surface area contributed by atoms with Crippen LogP contribution in [0.5, 0.6) is 11.5 Å². The maximum Gasteiger partial charge on any atom is 0.276 e. The maximum absolute atomic E-state index is 12.8. The van der Waals surface area contributed by atoms with Gasteiger partial charge in [-0.25, -0.2) is 15.0 Å². The number of amides is 2. The van der Waals surface area contributed by atoms with Gasteiger partial charge in [0, 0.05) is 21.9 Å². The third-order valence-electron chi connectivity index (χ3n) is 5.39. The minimum atomic E-state index is -0.472. The highest BCUT2D eigenvalue weighted by Gasteiger charge is 2.16. The second-order valence-electron chi connectivity index (χ2n) is 7.86. The lowest BCUT2D eigenvalue weighted by atomic mass is 10.2. The second kappa shape index (κ2) is 11.2. The van der Waals surface area contributed by atoms with Crippen LogP contribution in [-0.2, 0) is 0 Å². The van der Waals surface area contributed by atoms with Crippen molar-refractivity contribution in [3.63, 3.8) is 0 Å². The van der Waals surface area contributed by atoms with Gasteiger partial charge in [-0.15, -0.1) is 22.7 Å². The monoisotopic (exact) mass is 543 g/mol. The molecular formula is C27H21N5O4S2. The Balaban J connectivity index is 1.25. The van der Waals surface area contributed by atoms with Crippen molar-refractivity contribution in [3.8, 4) is 34.0 Å². The molecule has 0 aliphatic carbocycles. The third kappa shape index (κ3) is 5.69. The van der Waals surface area contributed by atoms with E-state index in [0.717, 1.165) is 22.6 Å². The number of nitrogens with one attached hydrogen (secondary N) is 2. The Morgan fingerprint density at radius 1 is 0.658 bits per heavy atom. The van der Waals surface area contributed by atoms with Gasteiger partial charge in [0.25, 0.3) is 11.8 Å². The van der Waals surface area contributed by atoms with E-state index >= 15 is 0 Å². The van der Waals surface area contributed by atoms with Gasteiger partial charge in [-0.05, 0) is 36.4 Å². The zero-order valence-corrected chi connectivity index (χ0v) is 21.9. The number of benzene rings is 2. The SMILES string of the molecule is COc1cccc(-c2csc(NC(=O)c3cccc(C(=O)Nc4nc(-c5cccc(OC)c5)cs4)n3)n2)c1. The van der Waals surface area contributed by atoms with Gasteiger partial charge < -0.3 is 9.47 Å². The van der Waals surface area contributed by atoms with Crippen molar-refractivity contribution >= 4 is 44.8 Å². The molecule has 11 heteroatoms. The normalized spacial score (nSPS) is 10.6. The van der Waals surface area contributed by atoms with Gasteiger partial charge in [0.15, 0.2) is 10.3 Å². The molecule has 5 rings (SSSR count). The minimum absolute atomic E-state index is 0.0898. The highest BCUT2D eigenvalue weighted by molar-refractivity contribution is 7.14. The van der Waals surface area contributed by atoms with Crippen LogP contribution in [0.1, 0.15) is 21.0 Å². The van der Waals surface area contributed by atoms with E-state index in [1.54, 1.807) is 20.3 Å². The van der Waals surface area contributed by atoms with Crippen LogP contribution < -0.4 is 20.1 Å². The third-order valence-corrected chi connectivity index (χ3v) is 6.91. The van der Waals surface area contributed by atoms with E-state index in [0.29, 0.717) is 21.7 Å². The molecule has 3 heterocycles. The molecule has 0 spiro atoms. The Labute approximate surface area is 226 Å². The standard InChI is InChI=1S/C27H21N5O4S2/c1-35-18-8-3-6-16(12-18)22-14-37-26(29-22)31-24(33)20-10-5-11-21(28-20)25(34)32-27-30-23(15-38-27)17-7-4-9-19(13-17)36-2/h3-15H,1-2H3,(H,29,31,33)(H,30,32,34). The highest BCUT2D eigenvalue weighted by Crippen LogP contribution is 2.29. The van der Waals surface area contributed by atoms with Crippen molar-refractivity contribution in [2.45, 2.75) is 0 Å². The van der Waals surface area contributed by atoms with Gasteiger partial charge in [-0.3, -0.25) is 20.2 Å². The van der Waals surface area contributed by atoms with Gasteiger partial charge >= 0.3 is 0 Å². The summed E-state index contributed by atoms with van der Waals surface area (Å²) >= 11 is 2.58. The zero-order chi connectivity index (χ0) is 26.5. The molecule has 0 saturated heterocycles. The van der Waals surface area contributed by atoms with E-state index in [-0.39, 0.29) is 11.4 Å². The van der Waals surface area contributed by atoms with Crippen LogP contribution in [0.2, 0.25) is 0 Å². The van der Waals surface area contributed by atoms with Crippen LogP contribution in [0, 0.1) is 0 Å². The number of nitrogens with zero attached hydrogens (tertiary/aromatic N) is 3. The zero-order valence-electron chi connectivity index (χ0n) is 20.3. The summed E-state index contributed by atoms with van der Waals surface area (Å²) in [5.74, 6) is 0.491. The van der Waals surface area contributed by atoms with E-state index in [1.807, 2.05) is 59.3 Å². The van der Waals surface area contributed by atoms with Crippen molar-refractivity contribution in [1.82, 2.24) is 15.0 Å². The molecule has 0 atom stereocenters. The van der Waals surface area contributed by atoms with Gasteiger partial charge in [0.2, 0.25) is 0 Å². The molecule has 0 radical (unpaired) electrons. The average molecular weight is 544 g/mol. The van der Waals surface area contributed by atoms with Gasteiger partial charge in [0.05, 0.1) is 25.6 Å². The van der Waals surface area contributed by atoms with Gasteiger partial charge in [0.1, 0.15) is 22.9 Å². The first-order valence-corrected chi connectivity index (χ1v) is 13.1. The number of anilines is 2. The first kappa shape index (κ1) is 25.1. The second-order valence-corrected chi connectivity index (χ2v) is 9.57. The minimum Gasteiger partial charge on any atom is -0.497 e. The summed E-state index contributed by atoms with van der Waals surface area (Å²) in [5, 5.41) is 10.0. The average Bonchev–Trinajstić information content (AvgIpc) is 3.63. The lowest BCUT2D eigenvalue weighted by Crippen LogP contribution is -2.18. The lowest BCUT2D eigenvalue weighted by Gasteiger charge is -2.05. The number of hydrogen-bond donors (Lipinski definition) is 2. The van der Waals surface area contributed by atoms with E-state index in [9.17, 15) is 9.59 Å². The van der Waals surface area contributed by atoms with Crippen molar-refractivity contribution in [2.24, 2.45) is 0 Å². The molecule has 0 unspecified atom stereocenters. The maximum atomic E-state index is 12.8. The van der Waals surface area contributed by atoms with Crippen LogP contribution in [-0.4, -0.2) is 41.0 Å². The Kier molecular flexibility index (Phi) is 7.38. The molecule has 0 fully saturated rings. The molecule has 0 aliphatic heterocycles. The molecular weight excluding hydrogens is 522 g/mol. The van der Waals surface area contributed by atoms with Crippen LogP contribution in [0.25, 0.3) is 22.5 Å². The summed E-state index contributed by atoms with van der Waals surface area (Å²) in [6.45, 7) is 0. The van der Waals surface area contributed by atoms with Crippen LogP contribution in [0.4, 0.5) is 10.3 Å². The molecule has 0 bridgehead atoms. The van der Waals surface area contributed by atoms with Crippen LogP contribution in [0.15, 0.2) is 77.5 Å². The summed E-state index contributed by atoms with van der Waals surface area (Å²) in [7, 11) is 3.20. The fraction of sp³-hybridized carbons (Fsp3) is 0.0741. The van der Waals surface area contributed by atoms with Gasteiger partial charge in [-0.2, -0.15) is 0 Å². The topological polar surface area (TPSA) is 115 Å². The molecule has 5 aromatic rings. The fourth-order valence-electron chi connectivity index (χ4n) is 3.50. The molecule has 9 nitrogen and oxygen atoms in total. The quantitative estimate of drug-likeness (QED) is 0.252. The van der Waals surface area contributed by atoms with Crippen molar-refractivity contribution < 1.29 is 19.1 Å². The predicted octanol–water partition coefficient (Wildman–Crippen LogP) is 5.85. The summed E-state index contributed by atoms with van der Waals surface area (Å²) in [6, 6.07) is 19.7. The summed E-state index contributed by atoms with van der Waals surface area (Å²) in [6.07, 6.45) is 0. The number of ether oxygens (including phenoxy) is 2. The number of pyridine rings is 1. The molecule has 3 aromatic heterocycles. The summed E-state index contributed by atoms with van der Waals surface area (Å²) < 4.78 is 10.5. The Morgan fingerprint density at radius 3 is 1.55 bits per heavy atom. The number of aromatic nitrogens is 3. The molecule has 2 aromatic carbocycles. The number of carbonyl (C=O) groups is 2. The smallest absolute Gasteiger partial charge is 0.276 e. The molecule has 190 valence electrons. The molecule has 2 amide bonds. The van der Waals surface area contributed by atoms with E-state index < -0.39 is 11.8 Å². The fourth-order valence-corrected chi connectivity index (χ4v) is 4.93.